The second-order valence-corrected chi connectivity index (χ2v) is 12.5. The number of hydrogen-bond acceptors (Lipinski definition) is 14. The van der Waals surface area contributed by atoms with Crippen molar-refractivity contribution in [1.29, 1.82) is 0 Å². The smallest absolute Gasteiger partial charge is 0.333 e. The third-order valence-electron chi connectivity index (χ3n) is 7.23. The summed E-state index contributed by atoms with van der Waals surface area (Å²) < 4.78 is 19.1. The van der Waals surface area contributed by atoms with Gasteiger partial charge in [-0.1, -0.05) is 23.3 Å². The zero-order valence-electron chi connectivity index (χ0n) is 24.4. The fraction of sp³-hybridized carbons (Fsp3) is 0.357. The molecule has 0 saturated carbocycles. The van der Waals surface area contributed by atoms with E-state index in [4.69, 9.17) is 24.7 Å². The Bertz CT molecular complexity index is 1900. The minimum Gasteiger partial charge on any atom is -0.454 e. The lowest BCUT2D eigenvalue weighted by Gasteiger charge is -2.10. The molecule has 46 heavy (non-hydrogen) atoms. The third kappa shape index (κ3) is 7.01. The molecule has 6 rings (SSSR count). The average molecular weight is 761 g/mol. The van der Waals surface area contributed by atoms with Gasteiger partial charge in [-0.05, 0) is 60.4 Å². The zero-order valence-corrected chi connectivity index (χ0v) is 27.4. The van der Waals surface area contributed by atoms with E-state index in [1.807, 2.05) is 16.7 Å². The maximum absolute atomic E-state index is 12.4. The molecule has 4 N–H and O–H groups in total. The van der Waals surface area contributed by atoms with Gasteiger partial charge in [0.25, 0.3) is 0 Å². The Labute approximate surface area is 279 Å². The first kappa shape index (κ1) is 31.5. The summed E-state index contributed by atoms with van der Waals surface area (Å²) in [6.07, 6.45) is 8.38. The highest BCUT2D eigenvalue weighted by molar-refractivity contribution is 14.1. The second kappa shape index (κ2) is 14.3. The number of nitrogens with zero attached hydrogens (tertiary/aromatic N) is 7. The summed E-state index contributed by atoms with van der Waals surface area (Å²) in [5, 5.41) is 22.1. The molecule has 0 atom stereocenters. The highest BCUT2D eigenvalue weighted by Gasteiger charge is 2.22. The standard InChI is InChI=1S/C28H29IN10O6S/c29-17-10-19-20(44-15-43-19)11-21(17)46-28-37-23-25(30)34-14-35-27(23)38(28)9-5-4-7-31-22(40)6-2-1-3-8-32-26-16-12-36-45-24(16)18(13-33-26)39(41)42/h10-14H,1-9,15H2,(H,31,40)(H,32,33)(H2,30,34,35). The predicted molar refractivity (Wildman–Crippen MR) is 177 cm³/mol. The third-order valence-corrected chi connectivity index (χ3v) is 9.54. The number of fused-ring (bicyclic) bond motifs is 3. The molecule has 0 bridgehead atoms. The quantitative estimate of drug-likeness (QED) is 0.0561. The molecule has 0 saturated heterocycles. The molecular formula is C28H29IN10O6S. The van der Waals surface area contributed by atoms with Crippen LogP contribution in [0.2, 0.25) is 0 Å². The van der Waals surface area contributed by atoms with E-state index in [1.54, 1.807) is 0 Å². The number of benzene rings is 1. The number of nitrogens with one attached hydrogen (secondary N) is 2. The number of unbranched alkanes of at least 4 members (excludes halogenated alkanes) is 3. The van der Waals surface area contributed by atoms with E-state index < -0.39 is 4.92 Å². The maximum atomic E-state index is 12.4. The minimum atomic E-state index is -0.553. The first-order valence-corrected chi connectivity index (χ1v) is 16.4. The van der Waals surface area contributed by atoms with Gasteiger partial charge in [-0.3, -0.25) is 14.9 Å². The number of nitrogen functional groups attached to an aromatic ring is 1. The van der Waals surface area contributed by atoms with Crippen molar-refractivity contribution in [3.8, 4) is 11.5 Å². The number of aryl methyl sites for hydroxylation is 1. The molecule has 1 aliphatic rings. The summed E-state index contributed by atoms with van der Waals surface area (Å²) in [6.45, 7) is 2.01. The summed E-state index contributed by atoms with van der Waals surface area (Å²) >= 11 is 3.77. The van der Waals surface area contributed by atoms with E-state index in [-0.39, 0.29) is 24.0 Å². The molecule has 0 spiro atoms. The van der Waals surface area contributed by atoms with Crippen molar-refractivity contribution < 1.29 is 23.7 Å². The molecule has 18 heteroatoms. The van der Waals surface area contributed by atoms with Gasteiger partial charge in [0.2, 0.25) is 18.3 Å². The number of anilines is 2. The van der Waals surface area contributed by atoms with E-state index in [2.05, 4.69) is 53.3 Å². The van der Waals surface area contributed by atoms with Gasteiger partial charge < -0.3 is 34.9 Å². The molecule has 16 nitrogen and oxygen atoms in total. The monoisotopic (exact) mass is 760 g/mol. The number of pyridine rings is 1. The maximum Gasteiger partial charge on any atom is 0.333 e. The van der Waals surface area contributed by atoms with Crippen LogP contribution in [-0.2, 0) is 11.3 Å². The number of nitrogens with two attached hydrogens (primary N) is 1. The molecule has 1 aromatic carbocycles. The predicted octanol–water partition coefficient (Wildman–Crippen LogP) is 4.91. The fourth-order valence-electron chi connectivity index (χ4n) is 4.91. The Balaban J connectivity index is 0.932. The summed E-state index contributed by atoms with van der Waals surface area (Å²) in [5.74, 6) is 2.24. The molecule has 5 aromatic rings. The number of carbonyl (C=O) groups is 1. The highest BCUT2D eigenvalue weighted by Crippen LogP contribution is 2.41. The van der Waals surface area contributed by atoms with Gasteiger partial charge in [0.15, 0.2) is 33.6 Å². The number of aromatic nitrogens is 6. The fourth-order valence-corrected chi connectivity index (χ4v) is 6.62. The number of imidazole rings is 1. The summed E-state index contributed by atoms with van der Waals surface area (Å²) in [5.41, 5.74) is 7.20. The van der Waals surface area contributed by atoms with Crippen molar-refractivity contribution in [3.63, 3.8) is 0 Å². The van der Waals surface area contributed by atoms with Gasteiger partial charge in [0.05, 0.1) is 16.5 Å². The van der Waals surface area contributed by atoms with Crippen molar-refractivity contribution in [1.82, 2.24) is 35.0 Å². The Kier molecular flexibility index (Phi) is 9.81. The van der Waals surface area contributed by atoms with E-state index in [9.17, 15) is 14.9 Å². The van der Waals surface area contributed by atoms with Gasteiger partial charge in [-0.15, -0.1) is 0 Å². The van der Waals surface area contributed by atoms with E-state index in [1.165, 1.54) is 24.3 Å². The van der Waals surface area contributed by atoms with E-state index in [0.717, 1.165) is 57.7 Å². The van der Waals surface area contributed by atoms with Crippen molar-refractivity contribution in [2.45, 2.75) is 55.1 Å². The van der Waals surface area contributed by atoms with Crippen molar-refractivity contribution in [3.05, 3.63) is 44.5 Å². The number of amides is 1. The molecule has 5 heterocycles. The van der Waals surface area contributed by atoms with Crippen LogP contribution in [-0.4, -0.2) is 60.4 Å². The van der Waals surface area contributed by atoms with Crippen LogP contribution in [0.25, 0.3) is 22.1 Å². The first-order valence-electron chi connectivity index (χ1n) is 14.5. The van der Waals surface area contributed by atoms with E-state index in [0.29, 0.717) is 60.0 Å². The van der Waals surface area contributed by atoms with Crippen LogP contribution in [0.1, 0.15) is 38.5 Å². The number of carbonyl (C=O) groups excluding carboxylic acids is 1. The molecule has 0 fully saturated rings. The Morgan fingerprint density at radius 2 is 1.91 bits per heavy atom. The Morgan fingerprint density at radius 1 is 1.09 bits per heavy atom. The molecule has 0 aliphatic carbocycles. The summed E-state index contributed by atoms with van der Waals surface area (Å²) in [7, 11) is 0. The summed E-state index contributed by atoms with van der Waals surface area (Å²) in [4.78, 5) is 41.4. The summed E-state index contributed by atoms with van der Waals surface area (Å²) in [6, 6.07) is 3.90. The van der Waals surface area contributed by atoms with Gasteiger partial charge in [-0.25, -0.2) is 19.9 Å². The lowest BCUT2D eigenvalue weighted by Crippen LogP contribution is -2.24. The lowest BCUT2D eigenvalue weighted by atomic mass is 10.2. The average Bonchev–Trinajstić information content (AvgIpc) is 3.78. The molecule has 240 valence electrons. The van der Waals surface area contributed by atoms with Gasteiger partial charge in [-0.2, -0.15) is 0 Å². The SMILES string of the molecule is Nc1ncnc2c1nc(Sc1cc3c(cc1I)OCO3)n2CCCCNC(=O)CCCCCNc1ncc([N+](=O)[O-])c2oncc12. The molecule has 4 aromatic heterocycles. The van der Waals surface area contributed by atoms with Crippen molar-refractivity contribution in [2.75, 3.05) is 30.9 Å². The minimum absolute atomic E-state index is 0.0124. The molecular weight excluding hydrogens is 731 g/mol. The van der Waals surface area contributed by atoms with Crippen LogP contribution in [0.5, 0.6) is 11.5 Å². The largest absolute Gasteiger partial charge is 0.454 e. The van der Waals surface area contributed by atoms with E-state index >= 15 is 0 Å². The topological polar surface area (TPSA) is 211 Å². The van der Waals surface area contributed by atoms with Crippen LogP contribution >= 0.6 is 34.4 Å². The molecule has 1 aliphatic heterocycles. The van der Waals surface area contributed by atoms with Gasteiger partial charge >= 0.3 is 5.69 Å². The second-order valence-electron chi connectivity index (χ2n) is 10.3. The Hall–Kier alpha value is -4.46. The van der Waals surface area contributed by atoms with Crippen LogP contribution in [0.4, 0.5) is 17.3 Å². The lowest BCUT2D eigenvalue weighted by molar-refractivity contribution is -0.384. The Morgan fingerprint density at radius 3 is 2.76 bits per heavy atom. The molecule has 0 radical (unpaired) electrons. The normalized spacial score (nSPS) is 12.2. The van der Waals surface area contributed by atoms with Crippen LogP contribution in [0.3, 0.4) is 0 Å². The number of rotatable bonds is 15. The molecule has 0 unspecified atom stereocenters. The molecule has 1 amide bonds. The van der Waals surface area contributed by atoms with Crippen LogP contribution in [0, 0.1) is 13.7 Å². The number of halogens is 1. The number of nitro groups is 1. The number of hydrogen-bond donors (Lipinski definition) is 3. The zero-order chi connectivity index (χ0) is 32.0. The first-order chi connectivity index (χ1) is 22.4. The van der Waals surface area contributed by atoms with Crippen molar-refractivity contribution in [2.24, 2.45) is 0 Å². The highest BCUT2D eigenvalue weighted by atomic mass is 127. The number of ether oxygens (including phenoxy) is 2. The van der Waals surface area contributed by atoms with Gasteiger partial charge in [0.1, 0.15) is 18.3 Å². The van der Waals surface area contributed by atoms with Crippen LogP contribution in [0.15, 0.2) is 45.4 Å². The van der Waals surface area contributed by atoms with Crippen molar-refractivity contribution >= 4 is 79.7 Å². The van der Waals surface area contributed by atoms with Gasteiger partial charge in [0, 0.05) is 34.5 Å². The van der Waals surface area contributed by atoms with Crippen LogP contribution < -0.4 is 25.8 Å².